The highest BCUT2D eigenvalue weighted by Gasteiger charge is 2.10. The Hall–Kier alpha value is -1.17. The van der Waals surface area contributed by atoms with Gasteiger partial charge in [-0.1, -0.05) is 27.5 Å². The van der Waals surface area contributed by atoms with Crippen LogP contribution in [0.25, 0.3) is 0 Å². The van der Waals surface area contributed by atoms with Gasteiger partial charge >= 0.3 is 0 Å². The van der Waals surface area contributed by atoms with Crippen LogP contribution in [0, 0.1) is 0 Å². The van der Waals surface area contributed by atoms with Crippen molar-refractivity contribution in [1.82, 2.24) is 15.3 Å². The lowest BCUT2D eigenvalue weighted by atomic mass is 10.1. The van der Waals surface area contributed by atoms with Gasteiger partial charge in [0.05, 0.1) is 16.9 Å². The van der Waals surface area contributed by atoms with Crippen molar-refractivity contribution in [2.24, 2.45) is 0 Å². The normalized spacial score (nSPS) is 11.5. The molecule has 0 saturated carbocycles. The van der Waals surface area contributed by atoms with Gasteiger partial charge in [0.25, 0.3) is 0 Å². The highest BCUT2D eigenvalue weighted by Crippen LogP contribution is 2.30. The second kappa shape index (κ2) is 6.73. The Labute approximate surface area is 138 Å². The minimum Gasteiger partial charge on any atom is -0.436 e. The molecule has 1 aromatic carbocycles. The third kappa shape index (κ3) is 5.26. The number of nitrogens with zero attached hydrogens (tertiary/aromatic N) is 2. The summed E-state index contributed by atoms with van der Waals surface area (Å²) in [4.78, 5) is 8.57. The molecule has 0 aliphatic carbocycles. The van der Waals surface area contributed by atoms with E-state index in [2.05, 4.69) is 52.0 Å². The van der Waals surface area contributed by atoms with Gasteiger partial charge in [-0.2, -0.15) is 0 Å². The van der Waals surface area contributed by atoms with Crippen LogP contribution in [-0.4, -0.2) is 15.5 Å². The van der Waals surface area contributed by atoms with Crippen LogP contribution in [-0.2, 0) is 6.54 Å². The Morgan fingerprint density at radius 1 is 1.29 bits per heavy atom. The first kappa shape index (κ1) is 16.2. The Morgan fingerprint density at radius 2 is 2.05 bits per heavy atom. The van der Waals surface area contributed by atoms with Gasteiger partial charge in [-0.05, 0) is 39.0 Å². The van der Waals surface area contributed by atoms with Crippen LogP contribution in [0.4, 0.5) is 0 Å². The number of hydrogen-bond donors (Lipinski definition) is 1. The first-order chi connectivity index (χ1) is 9.83. The van der Waals surface area contributed by atoms with E-state index >= 15 is 0 Å². The summed E-state index contributed by atoms with van der Waals surface area (Å²) >= 11 is 9.48. The Bertz CT molecular complexity index is 629. The van der Waals surface area contributed by atoms with Crippen LogP contribution in [0.3, 0.4) is 0 Å². The lowest BCUT2D eigenvalue weighted by molar-refractivity contribution is 0.414. The molecule has 4 nitrogen and oxygen atoms in total. The van der Waals surface area contributed by atoms with E-state index in [-0.39, 0.29) is 5.54 Å². The summed E-state index contributed by atoms with van der Waals surface area (Å²) in [6.07, 6.45) is 3.29. The Balaban J connectivity index is 2.10. The van der Waals surface area contributed by atoms with Crippen LogP contribution >= 0.6 is 27.5 Å². The van der Waals surface area contributed by atoms with E-state index in [1.54, 1.807) is 24.5 Å². The van der Waals surface area contributed by atoms with Crippen molar-refractivity contribution in [3.05, 3.63) is 45.8 Å². The Kier molecular flexibility index (Phi) is 5.19. The maximum Gasteiger partial charge on any atom is 0.238 e. The second-order valence-corrected chi connectivity index (χ2v) is 6.95. The maximum absolute atomic E-state index is 6.12. The van der Waals surface area contributed by atoms with E-state index in [4.69, 9.17) is 16.3 Å². The average Bonchev–Trinajstić information content (AvgIpc) is 2.39. The zero-order valence-corrected chi connectivity index (χ0v) is 14.5. The highest BCUT2D eigenvalue weighted by atomic mass is 79.9. The number of halogens is 2. The van der Waals surface area contributed by atoms with E-state index in [1.807, 2.05) is 6.07 Å². The van der Waals surface area contributed by atoms with Gasteiger partial charge in [-0.3, -0.25) is 4.98 Å². The fourth-order valence-corrected chi connectivity index (χ4v) is 2.26. The minimum absolute atomic E-state index is 0.0214. The summed E-state index contributed by atoms with van der Waals surface area (Å²) in [5.41, 5.74) is 0.837. The summed E-state index contributed by atoms with van der Waals surface area (Å²) in [5.74, 6) is 0.975. The number of benzene rings is 1. The second-order valence-electron chi connectivity index (χ2n) is 5.63. The molecule has 0 amide bonds. The molecule has 1 heterocycles. The molecule has 0 fully saturated rings. The molecular formula is C15H17BrClN3O. The number of ether oxygens (including phenoxy) is 1. The van der Waals surface area contributed by atoms with Gasteiger partial charge in [-0.25, -0.2) is 4.98 Å². The van der Waals surface area contributed by atoms with Crippen molar-refractivity contribution in [3.63, 3.8) is 0 Å². The van der Waals surface area contributed by atoms with Crippen molar-refractivity contribution in [2.75, 3.05) is 0 Å². The van der Waals surface area contributed by atoms with Crippen molar-refractivity contribution in [1.29, 1.82) is 0 Å². The smallest absolute Gasteiger partial charge is 0.238 e. The predicted molar refractivity (Wildman–Crippen MR) is 87.9 cm³/mol. The number of nitrogens with one attached hydrogen (secondary N) is 1. The van der Waals surface area contributed by atoms with Gasteiger partial charge in [0.2, 0.25) is 5.88 Å². The molecular weight excluding hydrogens is 354 g/mol. The lowest BCUT2D eigenvalue weighted by Gasteiger charge is -2.20. The summed E-state index contributed by atoms with van der Waals surface area (Å²) in [6.45, 7) is 6.93. The molecule has 1 aromatic heterocycles. The van der Waals surface area contributed by atoms with Crippen molar-refractivity contribution >= 4 is 27.5 Å². The number of hydrogen-bond acceptors (Lipinski definition) is 4. The summed E-state index contributed by atoms with van der Waals surface area (Å²) in [6, 6.07) is 5.42. The standard InChI is InChI=1S/C15H17BrClN3O/c1-15(2,3)19-8-11-7-18-9-14(20-11)21-13-5-4-10(16)6-12(13)17/h4-7,9,19H,8H2,1-3H3. The van der Waals surface area contributed by atoms with Gasteiger partial charge in [-0.15, -0.1) is 0 Å². The molecule has 0 aliphatic heterocycles. The van der Waals surface area contributed by atoms with E-state index in [0.717, 1.165) is 10.2 Å². The summed E-state index contributed by atoms with van der Waals surface area (Å²) in [5, 5.41) is 3.88. The van der Waals surface area contributed by atoms with Gasteiger partial charge in [0, 0.05) is 22.8 Å². The van der Waals surface area contributed by atoms with Crippen LogP contribution < -0.4 is 10.1 Å². The van der Waals surface area contributed by atoms with E-state index in [9.17, 15) is 0 Å². The Morgan fingerprint density at radius 3 is 2.71 bits per heavy atom. The third-order valence-electron chi connectivity index (χ3n) is 2.57. The molecule has 0 atom stereocenters. The van der Waals surface area contributed by atoms with E-state index < -0.39 is 0 Å². The molecule has 1 N–H and O–H groups in total. The van der Waals surface area contributed by atoms with E-state index in [1.165, 1.54) is 0 Å². The lowest BCUT2D eigenvalue weighted by Crippen LogP contribution is -2.35. The molecule has 0 spiro atoms. The molecule has 2 rings (SSSR count). The molecule has 0 radical (unpaired) electrons. The third-order valence-corrected chi connectivity index (χ3v) is 3.36. The topological polar surface area (TPSA) is 47.0 Å². The first-order valence-corrected chi connectivity index (χ1v) is 7.69. The van der Waals surface area contributed by atoms with Gasteiger partial charge in [0.1, 0.15) is 5.75 Å². The zero-order valence-electron chi connectivity index (χ0n) is 12.2. The largest absolute Gasteiger partial charge is 0.436 e. The molecule has 112 valence electrons. The van der Waals surface area contributed by atoms with Crippen molar-refractivity contribution in [3.8, 4) is 11.6 Å². The van der Waals surface area contributed by atoms with Crippen molar-refractivity contribution in [2.45, 2.75) is 32.9 Å². The van der Waals surface area contributed by atoms with Crippen LogP contribution in [0.15, 0.2) is 35.1 Å². The molecule has 0 unspecified atom stereocenters. The number of rotatable bonds is 4. The molecule has 2 aromatic rings. The predicted octanol–water partition coefficient (Wildman–Crippen LogP) is 4.57. The monoisotopic (exact) mass is 369 g/mol. The van der Waals surface area contributed by atoms with Gasteiger partial charge < -0.3 is 10.1 Å². The van der Waals surface area contributed by atoms with Crippen molar-refractivity contribution < 1.29 is 4.74 Å². The minimum atomic E-state index is 0.0214. The molecule has 0 aliphatic rings. The van der Waals surface area contributed by atoms with E-state index in [0.29, 0.717) is 23.2 Å². The fourth-order valence-electron chi connectivity index (χ4n) is 1.55. The quantitative estimate of drug-likeness (QED) is 0.856. The molecule has 0 saturated heterocycles. The van der Waals surface area contributed by atoms with Crippen LogP contribution in [0.2, 0.25) is 5.02 Å². The van der Waals surface area contributed by atoms with Gasteiger partial charge in [0.15, 0.2) is 0 Å². The zero-order chi connectivity index (χ0) is 15.5. The SMILES string of the molecule is CC(C)(C)NCc1cncc(Oc2ccc(Br)cc2Cl)n1. The molecule has 6 heteroatoms. The summed E-state index contributed by atoms with van der Waals surface area (Å²) < 4.78 is 6.58. The summed E-state index contributed by atoms with van der Waals surface area (Å²) in [7, 11) is 0. The van der Waals surface area contributed by atoms with Crippen LogP contribution in [0.1, 0.15) is 26.5 Å². The maximum atomic E-state index is 6.12. The average molecular weight is 371 g/mol. The fraction of sp³-hybridized carbons (Fsp3) is 0.333. The molecule has 0 bridgehead atoms. The molecule has 21 heavy (non-hydrogen) atoms. The van der Waals surface area contributed by atoms with Crippen LogP contribution in [0.5, 0.6) is 11.6 Å². The first-order valence-electron chi connectivity index (χ1n) is 6.52. The number of aromatic nitrogens is 2. The highest BCUT2D eigenvalue weighted by molar-refractivity contribution is 9.10.